The lowest BCUT2D eigenvalue weighted by atomic mass is 10.2. The standard InChI is InChI=1S/C13H6F4N2S/c14-6-4-8(16)11(17)10(5-6)19-9-3-1-2-7(15)12(9)18-13(19)20/h1-5H,(H,18,20). The number of para-hydroxylation sites is 1. The average molecular weight is 298 g/mol. The van der Waals surface area contributed by atoms with Crippen molar-refractivity contribution in [2.45, 2.75) is 0 Å². The predicted octanol–water partition coefficient (Wildman–Crippen LogP) is 4.24. The highest BCUT2D eigenvalue weighted by molar-refractivity contribution is 7.71. The van der Waals surface area contributed by atoms with Gasteiger partial charge < -0.3 is 4.98 Å². The molecule has 0 saturated heterocycles. The number of aromatic amines is 1. The van der Waals surface area contributed by atoms with Crippen molar-refractivity contribution in [3.05, 3.63) is 58.4 Å². The van der Waals surface area contributed by atoms with Gasteiger partial charge in [-0.2, -0.15) is 0 Å². The fourth-order valence-corrected chi connectivity index (χ4v) is 2.34. The van der Waals surface area contributed by atoms with Crippen LogP contribution in [0.4, 0.5) is 17.6 Å². The normalized spacial score (nSPS) is 11.2. The molecule has 0 radical (unpaired) electrons. The van der Waals surface area contributed by atoms with Crippen molar-refractivity contribution in [2.75, 3.05) is 0 Å². The summed E-state index contributed by atoms with van der Waals surface area (Å²) in [5.41, 5.74) is -0.176. The summed E-state index contributed by atoms with van der Waals surface area (Å²) in [7, 11) is 0. The molecule has 1 aromatic heterocycles. The van der Waals surface area contributed by atoms with Gasteiger partial charge >= 0.3 is 0 Å². The first-order valence-corrected chi connectivity index (χ1v) is 5.94. The second kappa shape index (κ2) is 4.45. The van der Waals surface area contributed by atoms with Gasteiger partial charge in [0.1, 0.15) is 17.2 Å². The molecule has 0 aliphatic heterocycles. The molecular formula is C13H6F4N2S. The first-order chi connectivity index (χ1) is 9.49. The quantitative estimate of drug-likeness (QED) is 0.405. The molecule has 0 aliphatic carbocycles. The van der Waals surface area contributed by atoms with Crippen LogP contribution in [-0.4, -0.2) is 9.55 Å². The van der Waals surface area contributed by atoms with Gasteiger partial charge in [-0.15, -0.1) is 0 Å². The summed E-state index contributed by atoms with van der Waals surface area (Å²) < 4.78 is 55.0. The average Bonchev–Trinajstić information content (AvgIpc) is 2.72. The first-order valence-electron chi connectivity index (χ1n) is 5.53. The van der Waals surface area contributed by atoms with Crippen LogP contribution in [0.15, 0.2) is 30.3 Å². The third-order valence-electron chi connectivity index (χ3n) is 2.88. The minimum atomic E-state index is -1.34. The minimum absolute atomic E-state index is 0.0431. The Labute approximate surface area is 115 Å². The molecule has 0 bridgehead atoms. The van der Waals surface area contributed by atoms with E-state index in [1.54, 1.807) is 0 Å². The van der Waals surface area contributed by atoms with E-state index in [2.05, 4.69) is 4.98 Å². The van der Waals surface area contributed by atoms with Crippen molar-refractivity contribution in [1.82, 2.24) is 9.55 Å². The number of nitrogens with zero attached hydrogens (tertiary/aromatic N) is 1. The van der Waals surface area contributed by atoms with E-state index in [-0.39, 0.29) is 15.8 Å². The lowest BCUT2D eigenvalue weighted by Crippen LogP contribution is -2.01. The molecule has 102 valence electrons. The van der Waals surface area contributed by atoms with E-state index in [0.29, 0.717) is 6.07 Å². The summed E-state index contributed by atoms with van der Waals surface area (Å²) in [6.45, 7) is 0. The lowest BCUT2D eigenvalue weighted by molar-refractivity contribution is 0.491. The molecular weight excluding hydrogens is 292 g/mol. The highest BCUT2D eigenvalue weighted by Gasteiger charge is 2.17. The lowest BCUT2D eigenvalue weighted by Gasteiger charge is -2.07. The molecule has 0 spiro atoms. The summed E-state index contributed by atoms with van der Waals surface area (Å²) in [6, 6.07) is 5.28. The smallest absolute Gasteiger partial charge is 0.183 e. The van der Waals surface area contributed by atoms with Crippen molar-refractivity contribution in [3.63, 3.8) is 0 Å². The van der Waals surface area contributed by atoms with E-state index in [0.717, 1.165) is 10.6 Å². The molecule has 2 aromatic carbocycles. The van der Waals surface area contributed by atoms with E-state index >= 15 is 0 Å². The zero-order valence-corrected chi connectivity index (χ0v) is 10.6. The van der Waals surface area contributed by atoms with Crippen LogP contribution in [0.2, 0.25) is 0 Å². The summed E-state index contributed by atoms with van der Waals surface area (Å²) in [5.74, 6) is -4.14. The number of benzene rings is 2. The number of H-pyrrole nitrogens is 1. The molecule has 1 N–H and O–H groups in total. The van der Waals surface area contributed by atoms with Crippen LogP contribution in [0.1, 0.15) is 0 Å². The van der Waals surface area contributed by atoms with Crippen LogP contribution in [0, 0.1) is 28.0 Å². The topological polar surface area (TPSA) is 20.7 Å². The number of aromatic nitrogens is 2. The Morgan fingerprint density at radius 2 is 1.75 bits per heavy atom. The maximum absolute atomic E-state index is 13.8. The SMILES string of the molecule is Fc1cc(F)c(F)c(-n2c(=S)[nH]c3c(F)cccc32)c1. The monoisotopic (exact) mass is 298 g/mol. The van der Waals surface area contributed by atoms with Crippen molar-refractivity contribution < 1.29 is 17.6 Å². The van der Waals surface area contributed by atoms with Crippen molar-refractivity contribution in [2.24, 2.45) is 0 Å². The van der Waals surface area contributed by atoms with E-state index in [1.807, 2.05) is 0 Å². The largest absolute Gasteiger partial charge is 0.328 e. The molecule has 0 unspecified atom stereocenters. The molecule has 3 rings (SSSR count). The fraction of sp³-hybridized carbons (Fsp3) is 0. The van der Waals surface area contributed by atoms with Gasteiger partial charge in [-0.25, -0.2) is 17.6 Å². The van der Waals surface area contributed by atoms with Gasteiger partial charge in [0.2, 0.25) is 0 Å². The molecule has 0 atom stereocenters. The number of fused-ring (bicyclic) bond motifs is 1. The Morgan fingerprint density at radius 3 is 2.50 bits per heavy atom. The molecule has 0 amide bonds. The highest BCUT2D eigenvalue weighted by atomic mass is 32.1. The van der Waals surface area contributed by atoms with Crippen LogP contribution < -0.4 is 0 Å². The maximum atomic E-state index is 13.8. The fourth-order valence-electron chi connectivity index (χ4n) is 2.04. The Morgan fingerprint density at radius 1 is 1.00 bits per heavy atom. The van der Waals surface area contributed by atoms with Gasteiger partial charge in [-0.05, 0) is 24.4 Å². The first kappa shape index (κ1) is 12.9. The number of hydrogen-bond acceptors (Lipinski definition) is 1. The number of hydrogen-bond donors (Lipinski definition) is 1. The number of halogens is 4. The molecule has 0 fully saturated rings. The van der Waals surface area contributed by atoms with Gasteiger partial charge in [0, 0.05) is 12.1 Å². The predicted molar refractivity (Wildman–Crippen MR) is 68.3 cm³/mol. The maximum Gasteiger partial charge on any atom is 0.183 e. The molecule has 7 heteroatoms. The highest BCUT2D eigenvalue weighted by Crippen LogP contribution is 2.25. The number of imidazole rings is 1. The Hall–Kier alpha value is -2.15. The van der Waals surface area contributed by atoms with Gasteiger partial charge in [0.15, 0.2) is 16.4 Å². The van der Waals surface area contributed by atoms with Gasteiger partial charge in [-0.1, -0.05) is 6.07 Å². The Balaban J connectivity index is 2.45. The van der Waals surface area contributed by atoms with E-state index in [1.165, 1.54) is 18.2 Å². The van der Waals surface area contributed by atoms with Crippen LogP contribution in [0.3, 0.4) is 0 Å². The second-order valence-electron chi connectivity index (χ2n) is 4.12. The van der Waals surface area contributed by atoms with Crippen LogP contribution in [-0.2, 0) is 0 Å². The molecule has 20 heavy (non-hydrogen) atoms. The Kier molecular flexibility index (Phi) is 2.86. The summed E-state index contributed by atoms with van der Waals surface area (Å²) in [5, 5.41) is 0. The van der Waals surface area contributed by atoms with Crippen molar-refractivity contribution in [1.29, 1.82) is 0 Å². The molecule has 0 saturated carbocycles. The van der Waals surface area contributed by atoms with Gasteiger partial charge in [-0.3, -0.25) is 4.57 Å². The van der Waals surface area contributed by atoms with Crippen molar-refractivity contribution >= 4 is 23.3 Å². The van der Waals surface area contributed by atoms with E-state index in [9.17, 15) is 17.6 Å². The van der Waals surface area contributed by atoms with Gasteiger partial charge in [0.05, 0.1) is 11.2 Å². The number of rotatable bonds is 1. The molecule has 0 aliphatic rings. The zero-order chi connectivity index (χ0) is 14.4. The summed E-state index contributed by atoms with van der Waals surface area (Å²) >= 11 is 4.97. The summed E-state index contributed by atoms with van der Waals surface area (Å²) in [4.78, 5) is 2.55. The van der Waals surface area contributed by atoms with Crippen LogP contribution in [0.5, 0.6) is 0 Å². The summed E-state index contributed by atoms with van der Waals surface area (Å²) in [6.07, 6.45) is 0. The molecule has 3 aromatic rings. The van der Waals surface area contributed by atoms with Gasteiger partial charge in [0.25, 0.3) is 0 Å². The number of nitrogens with one attached hydrogen (secondary N) is 1. The third-order valence-corrected chi connectivity index (χ3v) is 3.17. The van der Waals surface area contributed by atoms with Crippen molar-refractivity contribution in [3.8, 4) is 5.69 Å². The minimum Gasteiger partial charge on any atom is -0.328 e. The van der Waals surface area contributed by atoms with E-state index in [4.69, 9.17) is 12.2 Å². The van der Waals surface area contributed by atoms with E-state index < -0.39 is 29.0 Å². The van der Waals surface area contributed by atoms with Crippen LogP contribution in [0.25, 0.3) is 16.7 Å². The molecule has 2 nitrogen and oxygen atoms in total. The molecule has 1 heterocycles. The Bertz CT molecular complexity index is 882. The zero-order valence-electron chi connectivity index (χ0n) is 9.75. The van der Waals surface area contributed by atoms with Crippen LogP contribution >= 0.6 is 12.2 Å². The second-order valence-corrected chi connectivity index (χ2v) is 4.51. The third kappa shape index (κ3) is 1.82.